The Morgan fingerprint density at radius 3 is 2.62 bits per heavy atom. The highest BCUT2D eigenvalue weighted by atomic mass is 32.2. The molecule has 2 N–H and O–H groups in total. The maximum Gasteiger partial charge on any atom is 0.230 e. The minimum absolute atomic E-state index is 0.0335. The highest BCUT2D eigenvalue weighted by Gasteiger charge is 2.34. The normalized spacial score (nSPS) is 20.9. The lowest BCUT2D eigenvalue weighted by Crippen LogP contribution is -2.48. The van der Waals surface area contributed by atoms with E-state index in [2.05, 4.69) is 10.3 Å². The van der Waals surface area contributed by atoms with Gasteiger partial charge >= 0.3 is 0 Å². The molecule has 3 rings (SSSR count). The Kier molecular flexibility index (Phi) is 5.88. The zero-order valence-electron chi connectivity index (χ0n) is 13.5. The Bertz CT molecular complexity index is 645. The number of thioether (sulfide) groups is 1. The molecule has 1 unspecified atom stereocenters. The molecule has 0 spiro atoms. The van der Waals surface area contributed by atoms with Crippen molar-refractivity contribution in [2.24, 2.45) is 5.92 Å². The summed E-state index contributed by atoms with van der Waals surface area (Å²) in [6.45, 7) is 0. The van der Waals surface area contributed by atoms with Crippen LogP contribution in [0.15, 0.2) is 59.6 Å². The van der Waals surface area contributed by atoms with Gasteiger partial charge in [0.15, 0.2) is 0 Å². The van der Waals surface area contributed by atoms with Gasteiger partial charge in [-0.3, -0.25) is 9.78 Å². The highest BCUT2D eigenvalue weighted by molar-refractivity contribution is 8.00. The number of aliphatic hydroxyl groups excluding tert-OH is 1. The zero-order chi connectivity index (χ0) is 16.8. The van der Waals surface area contributed by atoms with Gasteiger partial charge in [0, 0.05) is 29.2 Å². The molecule has 126 valence electrons. The third kappa shape index (κ3) is 4.82. The van der Waals surface area contributed by atoms with Gasteiger partial charge in [-0.15, -0.1) is 11.8 Å². The zero-order valence-corrected chi connectivity index (χ0v) is 14.3. The summed E-state index contributed by atoms with van der Waals surface area (Å²) >= 11 is 1.54. The molecule has 0 aliphatic heterocycles. The van der Waals surface area contributed by atoms with Crippen LogP contribution in [0.3, 0.4) is 0 Å². The number of rotatable bonds is 7. The summed E-state index contributed by atoms with van der Waals surface area (Å²) in [6, 6.07) is 15.8. The molecule has 1 atom stereocenters. The molecule has 1 aliphatic carbocycles. The van der Waals surface area contributed by atoms with E-state index in [-0.39, 0.29) is 18.1 Å². The predicted molar refractivity (Wildman–Crippen MR) is 95.8 cm³/mol. The number of pyridine rings is 1. The van der Waals surface area contributed by atoms with Crippen LogP contribution in [0.25, 0.3) is 0 Å². The van der Waals surface area contributed by atoms with Crippen molar-refractivity contribution in [2.75, 3.05) is 5.75 Å². The molecule has 1 aromatic carbocycles. The van der Waals surface area contributed by atoms with Crippen molar-refractivity contribution in [3.63, 3.8) is 0 Å². The van der Waals surface area contributed by atoms with Crippen LogP contribution in [-0.4, -0.2) is 33.9 Å². The molecule has 1 saturated carbocycles. The van der Waals surface area contributed by atoms with E-state index in [0.717, 1.165) is 23.4 Å². The maximum absolute atomic E-state index is 12.3. The number of amides is 1. The molecule has 0 saturated heterocycles. The second-order valence-electron chi connectivity index (χ2n) is 6.19. The van der Waals surface area contributed by atoms with Crippen LogP contribution in [0.1, 0.15) is 18.5 Å². The smallest absolute Gasteiger partial charge is 0.230 e. The number of nitrogens with one attached hydrogen (secondary N) is 1. The van der Waals surface area contributed by atoms with Gasteiger partial charge < -0.3 is 10.4 Å². The maximum atomic E-state index is 12.3. The van der Waals surface area contributed by atoms with Crippen molar-refractivity contribution in [1.29, 1.82) is 0 Å². The van der Waals surface area contributed by atoms with Crippen molar-refractivity contribution in [2.45, 2.75) is 36.3 Å². The van der Waals surface area contributed by atoms with Gasteiger partial charge in [0.25, 0.3) is 0 Å². The van der Waals surface area contributed by atoms with E-state index < -0.39 is 0 Å². The van der Waals surface area contributed by atoms with Crippen LogP contribution < -0.4 is 5.32 Å². The van der Waals surface area contributed by atoms with Gasteiger partial charge in [0.05, 0.1) is 11.9 Å². The molecule has 5 heteroatoms. The average molecular weight is 342 g/mol. The molecular weight excluding hydrogens is 320 g/mol. The van der Waals surface area contributed by atoms with E-state index in [1.165, 1.54) is 11.8 Å². The van der Waals surface area contributed by atoms with Crippen molar-refractivity contribution >= 4 is 17.7 Å². The lowest BCUT2D eigenvalue weighted by molar-refractivity contribution is -0.120. The summed E-state index contributed by atoms with van der Waals surface area (Å²) in [5, 5.41) is 12.7. The van der Waals surface area contributed by atoms with Gasteiger partial charge in [-0.1, -0.05) is 24.3 Å². The average Bonchev–Trinajstić information content (AvgIpc) is 2.58. The number of carbonyl (C=O) groups excluding carboxylic acids is 1. The van der Waals surface area contributed by atoms with Crippen LogP contribution in [-0.2, 0) is 11.2 Å². The summed E-state index contributed by atoms with van der Waals surface area (Å²) in [4.78, 5) is 17.8. The van der Waals surface area contributed by atoms with Crippen LogP contribution in [0.5, 0.6) is 0 Å². The lowest BCUT2D eigenvalue weighted by Gasteiger charge is -2.38. The standard InChI is InChI=1S/C19H22N2O2S/c22-16-10-14(11-16)18(12-15-6-4-5-9-20-15)21-19(23)13-24-17-7-2-1-3-8-17/h1-9,14,16,18,22H,10-13H2,(H,21,23). The van der Waals surface area contributed by atoms with Crippen molar-refractivity contribution in [3.8, 4) is 0 Å². The molecule has 0 radical (unpaired) electrons. The quantitative estimate of drug-likeness (QED) is 0.760. The fourth-order valence-corrected chi connectivity index (χ4v) is 3.68. The van der Waals surface area contributed by atoms with E-state index >= 15 is 0 Å². The van der Waals surface area contributed by atoms with E-state index in [0.29, 0.717) is 18.1 Å². The third-order valence-electron chi connectivity index (χ3n) is 4.33. The first-order valence-corrected chi connectivity index (χ1v) is 9.24. The Morgan fingerprint density at radius 1 is 1.21 bits per heavy atom. The molecule has 2 aromatic rings. The minimum Gasteiger partial charge on any atom is -0.393 e. The van der Waals surface area contributed by atoms with Gasteiger partial charge in [0.2, 0.25) is 5.91 Å². The van der Waals surface area contributed by atoms with E-state index in [4.69, 9.17) is 0 Å². The first-order chi connectivity index (χ1) is 11.7. The Labute approximate surface area is 146 Å². The van der Waals surface area contributed by atoms with Crippen LogP contribution in [0.4, 0.5) is 0 Å². The first-order valence-electron chi connectivity index (χ1n) is 8.26. The Morgan fingerprint density at radius 2 is 1.96 bits per heavy atom. The Balaban J connectivity index is 1.55. The van der Waals surface area contributed by atoms with Gasteiger partial charge in [0.1, 0.15) is 0 Å². The molecule has 1 aromatic heterocycles. The summed E-state index contributed by atoms with van der Waals surface area (Å²) in [7, 11) is 0. The number of nitrogens with zero attached hydrogens (tertiary/aromatic N) is 1. The van der Waals surface area contributed by atoms with Crippen LogP contribution >= 0.6 is 11.8 Å². The largest absolute Gasteiger partial charge is 0.393 e. The molecule has 24 heavy (non-hydrogen) atoms. The number of aliphatic hydroxyl groups is 1. The highest BCUT2D eigenvalue weighted by Crippen LogP contribution is 2.31. The van der Waals surface area contributed by atoms with Crippen LogP contribution in [0.2, 0.25) is 0 Å². The summed E-state index contributed by atoms with van der Waals surface area (Å²) in [5.74, 6) is 0.761. The SMILES string of the molecule is O=C(CSc1ccccc1)NC(Cc1ccccn1)C1CC(O)C1. The van der Waals surface area contributed by atoms with Crippen molar-refractivity contribution < 1.29 is 9.90 Å². The predicted octanol–water partition coefficient (Wildman–Crippen LogP) is 2.67. The molecule has 0 bridgehead atoms. The van der Waals surface area contributed by atoms with Crippen molar-refractivity contribution in [3.05, 3.63) is 60.4 Å². The molecular formula is C19H22N2O2S. The van der Waals surface area contributed by atoms with Crippen molar-refractivity contribution in [1.82, 2.24) is 10.3 Å². The second-order valence-corrected chi connectivity index (χ2v) is 7.23. The number of benzene rings is 1. The second kappa shape index (κ2) is 8.31. The van der Waals surface area contributed by atoms with E-state index in [1.54, 1.807) is 6.20 Å². The lowest BCUT2D eigenvalue weighted by atomic mass is 9.76. The van der Waals surface area contributed by atoms with E-state index in [1.807, 2.05) is 48.5 Å². The molecule has 1 aliphatic rings. The number of aromatic nitrogens is 1. The number of hydrogen-bond acceptors (Lipinski definition) is 4. The van der Waals surface area contributed by atoms with Gasteiger partial charge in [-0.05, 0) is 43.0 Å². The Hall–Kier alpha value is -1.85. The van der Waals surface area contributed by atoms with Crippen LogP contribution in [0, 0.1) is 5.92 Å². The first kappa shape index (κ1) is 17.0. The minimum atomic E-state index is -0.225. The summed E-state index contributed by atoms with van der Waals surface area (Å²) in [6.07, 6.45) is 3.76. The molecule has 1 fully saturated rings. The van der Waals surface area contributed by atoms with Gasteiger partial charge in [-0.2, -0.15) is 0 Å². The fraction of sp³-hybridized carbons (Fsp3) is 0.368. The topological polar surface area (TPSA) is 62.2 Å². The summed E-state index contributed by atoms with van der Waals surface area (Å²) in [5.41, 5.74) is 0.972. The number of hydrogen-bond donors (Lipinski definition) is 2. The third-order valence-corrected chi connectivity index (χ3v) is 5.35. The molecule has 1 heterocycles. The molecule has 1 amide bonds. The van der Waals surface area contributed by atoms with Gasteiger partial charge in [-0.25, -0.2) is 0 Å². The molecule has 4 nitrogen and oxygen atoms in total. The number of carbonyl (C=O) groups is 1. The monoisotopic (exact) mass is 342 g/mol. The summed E-state index contributed by atoms with van der Waals surface area (Å²) < 4.78 is 0. The van der Waals surface area contributed by atoms with E-state index in [9.17, 15) is 9.90 Å². The fourth-order valence-electron chi connectivity index (χ4n) is 2.95.